The van der Waals surface area contributed by atoms with Crippen LogP contribution in [0.4, 0.5) is 0 Å². The van der Waals surface area contributed by atoms with E-state index in [9.17, 15) is 4.79 Å². The molecule has 0 bridgehead atoms. The van der Waals surface area contributed by atoms with Gasteiger partial charge < -0.3 is 4.90 Å². The predicted molar refractivity (Wildman–Crippen MR) is 82.4 cm³/mol. The van der Waals surface area contributed by atoms with E-state index in [2.05, 4.69) is 18.9 Å². The molecule has 1 aromatic heterocycles. The molecule has 2 unspecified atom stereocenters. The third-order valence-electron chi connectivity index (χ3n) is 4.01. The van der Waals surface area contributed by atoms with Gasteiger partial charge in [0.2, 0.25) is 0 Å². The molecule has 2 heterocycles. The number of carbonyl (C=O) groups is 1. The Bertz CT molecular complexity index is 610. The van der Waals surface area contributed by atoms with Crippen LogP contribution in [0, 0.1) is 11.8 Å². The number of amides is 1. The van der Waals surface area contributed by atoms with E-state index >= 15 is 0 Å². The summed E-state index contributed by atoms with van der Waals surface area (Å²) in [6.07, 6.45) is 4.69. The van der Waals surface area contributed by atoms with Crippen molar-refractivity contribution in [2.24, 2.45) is 11.8 Å². The van der Waals surface area contributed by atoms with Gasteiger partial charge in [0.1, 0.15) is 0 Å². The van der Waals surface area contributed by atoms with Gasteiger partial charge in [-0.1, -0.05) is 32.0 Å². The monoisotopic (exact) mass is 283 g/mol. The van der Waals surface area contributed by atoms with Gasteiger partial charge in [-0.3, -0.25) is 4.79 Å². The standard InChI is InChI=1S/C17H21N3O/c1-13-8-14(2)11-19(10-13)17(21)15-9-18-20(12-15)16-6-4-3-5-7-16/h3-7,9,12-14H,8,10-11H2,1-2H3. The number of likely N-dealkylation sites (tertiary alicyclic amines) is 1. The molecule has 0 aliphatic carbocycles. The number of hydrogen-bond acceptors (Lipinski definition) is 2. The molecule has 0 saturated carbocycles. The highest BCUT2D eigenvalue weighted by Crippen LogP contribution is 2.22. The highest BCUT2D eigenvalue weighted by Gasteiger charge is 2.26. The van der Waals surface area contributed by atoms with Crippen molar-refractivity contribution in [2.75, 3.05) is 13.1 Å². The average molecular weight is 283 g/mol. The van der Waals surface area contributed by atoms with Gasteiger partial charge in [-0.2, -0.15) is 5.10 Å². The molecule has 1 aliphatic rings. The molecule has 3 rings (SSSR count). The highest BCUT2D eigenvalue weighted by atomic mass is 16.2. The number of nitrogens with zero attached hydrogens (tertiary/aromatic N) is 3. The van der Waals surface area contributed by atoms with Crippen molar-refractivity contribution in [3.63, 3.8) is 0 Å². The van der Waals surface area contributed by atoms with Crippen molar-refractivity contribution in [3.8, 4) is 5.69 Å². The number of piperidine rings is 1. The second kappa shape index (κ2) is 5.72. The summed E-state index contributed by atoms with van der Waals surface area (Å²) in [6.45, 7) is 6.12. The maximum Gasteiger partial charge on any atom is 0.257 e. The van der Waals surface area contributed by atoms with Gasteiger partial charge in [0.15, 0.2) is 0 Å². The molecule has 2 aromatic rings. The first-order valence-electron chi connectivity index (χ1n) is 7.53. The van der Waals surface area contributed by atoms with Gasteiger partial charge >= 0.3 is 0 Å². The molecule has 1 amide bonds. The molecule has 1 aliphatic heterocycles. The Morgan fingerprint density at radius 1 is 1.14 bits per heavy atom. The fraction of sp³-hybridized carbons (Fsp3) is 0.412. The maximum absolute atomic E-state index is 12.6. The Labute approximate surface area is 125 Å². The second-order valence-electron chi connectivity index (χ2n) is 6.17. The fourth-order valence-electron chi connectivity index (χ4n) is 3.17. The van der Waals surface area contributed by atoms with Gasteiger partial charge in [-0.15, -0.1) is 0 Å². The lowest BCUT2D eigenvalue weighted by atomic mass is 9.91. The van der Waals surface area contributed by atoms with E-state index in [4.69, 9.17) is 0 Å². The zero-order valence-electron chi connectivity index (χ0n) is 12.6. The SMILES string of the molecule is CC1CC(C)CN(C(=O)c2cnn(-c3ccccc3)c2)C1. The van der Waals surface area contributed by atoms with E-state index in [-0.39, 0.29) is 5.91 Å². The molecule has 0 spiro atoms. The molecule has 1 fully saturated rings. The summed E-state index contributed by atoms with van der Waals surface area (Å²) in [5, 5.41) is 4.31. The van der Waals surface area contributed by atoms with Crippen LogP contribution in [0.25, 0.3) is 5.69 Å². The van der Waals surface area contributed by atoms with Crippen molar-refractivity contribution in [1.29, 1.82) is 0 Å². The summed E-state index contributed by atoms with van der Waals surface area (Å²) in [7, 11) is 0. The number of hydrogen-bond donors (Lipinski definition) is 0. The van der Waals surface area contributed by atoms with E-state index in [0.29, 0.717) is 17.4 Å². The first-order valence-corrected chi connectivity index (χ1v) is 7.53. The molecule has 1 aromatic carbocycles. The van der Waals surface area contributed by atoms with Crippen molar-refractivity contribution in [2.45, 2.75) is 20.3 Å². The molecule has 2 atom stereocenters. The quantitative estimate of drug-likeness (QED) is 0.850. The Morgan fingerprint density at radius 3 is 2.48 bits per heavy atom. The molecular weight excluding hydrogens is 262 g/mol. The minimum atomic E-state index is 0.0931. The third kappa shape index (κ3) is 2.99. The molecular formula is C17H21N3O. The molecule has 0 N–H and O–H groups in total. The highest BCUT2D eigenvalue weighted by molar-refractivity contribution is 5.93. The average Bonchev–Trinajstić information content (AvgIpc) is 2.96. The van der Waals surface area contributed by atoms with Crippen LogP contribution >= 0.6 is 0 Å². The zero-order chi connectivity index (χ0) is 14.8. The van der Waals surface area contributed by atoms with Crippen LogP contribution in [0.15, 0.2) is 42.7 Å². The normalized spacial score (nSPS) is 22.3. The minimum absolute atomic E-state index is 0.0931. The topological polar surface area (TPSA) is 38.1 Å². The van der Waals surface area contributed by atoms with Crippen molar-refractivity contribution >= 4 is 5.91 Å². The number of benzene rings is 1. The van der Waals surface area contributed by atoms with Gasteiger partial charge in [0, 0.05) is 19.3 Å². The van der Waals surface area contributed by atoms with E-state index in [0.717, 1.165) is 18.8 Å². The second-order valence-corrected chi connectivity index (χ2v) is 6.17. The van der Waals surface area contributed by atoms with Gasteiger partial charge in [0.05, 0.1) is 17.4 Å². The lowest BCUT2D eigenvalue weighted by Crippen LogP contribution is -2.42. The van der Waals surface area contributed by atoms with Crippen molar-refractivity contribution in [1.82, 2.24) is 14.7 Å². The predicted octanol–water partition coefficient (Wildman–Crippen LogP) is 2.99. The summed E-state index contributed by atoms with van der Waals surface area (Å²) in [4.78, 5) is 14.6. The summed E-state index contributed by atoms with van der Waals surface area (Å²) < 4.78 is 1.75. The van der Waals surface area contributed by atoms with E-state index in [1.54, 1.807) is 10.9 Å². The van der Waals surface area contributed by atoms with Gasteiger partial charge in [-0.05, 0) is 30.4 Å². The third-order valence-corrected chi connectivity index (χ3v) is 4.01. The smallest absolute Gasteiger partial charge is 0.257 e. The van der Waals surface area contributed by atoms with Crippen LogP contribution < -0.4 is 0 Å². The van der Waals surface area contributed by atoms with Crippen LogP contribution in [-0.4, -0.2) is 33.7 Å². The fourth-order valence-corrected chi connectivity index (χ4v) is 3.17. The van der Waals surface area contributed by atoms with Crippen LogP contribution in [0.1, 0.15) is 30.6 Å². The number of rotatable bonds is 2. The molecule has 21 heavy (non-hydrogen) atoms. The maximum atomic E-state index is 12.6. The van der Waals surface area contributed by atoms with Crippen LogP contribution in [0.3, 0.4) is 0 Å². The molecule has 110 valence electrons. The van der Waals surface area contributed by atoms with Crippen molar-refractivity contribution in [3.05, 3.63) is 48.3 Å². The van der Waals surface area contributed by atoms with Gasteiger partial charge in [0.25, 0.3) is 5.91 Å². The van der Waals surface area contributed by atoms with Gasteiger partial charge in [-0.25, -0.2) is 4.68 Å². The zero-order valence-corrected chi connectivity index (χ0v) is 12.6. The molecule has 0 radical (unpaired) electrons. The first kappa shape index (κ1) is 13.9. The summed E-state index contributed by atoms with van der Waals surface area (Å²) in [5.41, 5.74) is 1.64. The minimum Gasteiger partial charge on any atom is -0.338 e. The lowest BCUT2D eigenvalue weighted by molar-refractivity contribution is 0.0623. The number of aromatic nitrogens is 2. The molecule has 4 nitrogen and oxygen atoms in total. The Balaban J connectivity index is 1.78. The number of carbonyl (C=O) groups excluding carboxylic acids is 1. The van der Waals surface area contributed by atoms with E-state index < -0.39 is 0 Å². The van der Waals surface area contributed by atoms with E-state index in [1.165, 1.54) is 6.42 Å². The molecule has 4 heteroatoms. The van der Waals surface area contributed by atoms with Crippen LogP contribution in [0.2, 0.25) is 0 Å². The van der Waals surface area contributed by atoms with Crippen LogP contribution in [0.5, 0.6) is 0 Å². The Hall–Kier alpha value is -2.10. The number of para-hydroxylation sites is 1. The Kier molecular flexibility index (Phi) is 3.78. The lowest BCUT2D eigenvalue weighted by Gasteiger charge is -2.34. The largest absolute Gasteiger partial charge is 0.338 e. The van der Waals surface area contributed by atoms with E-state index in [1.807, 2.05) is 41.4 Å². The van der Waals surface area contributed by atoms with Crippen LogP contribution in [-0.2, 0) is 0 Å². The first-order chi connectivity index (χ1) is 10.1. The molecule has 1 saturated heterocycles. The Morgan fingerprint density at radius 2 is 1.81 bits per heavy atom. The summed E-state index contributed by atoms with van der Waals surface area (Å²) >= 11 is 0. The summed E-state index contributed by atoms with van der Waals surface area (Å²) in [5.74, 6) is 1.24. The summed E-state index contributed by atoms with van der Waals surface area (Å²) in [6, 6.07) is 9.85. The van der Waals surface area contributed by atoms with Crippen molar-refractivity contribution < 1.29 is 4.79 Å².